The van der Waals surface area contributed by atoms with Crippen molar-refractivity contribution in [1.29, 1.82) is 0 Å². The van der Waals surface area contributed by atoms with Crippen LogP contribution < -0.4 is 10.1 Å². The molecule has 6 nitrogen and oxygen atoms in total. The van der Waals surface area contributed by atoms with Crippen LogP contribution in [0.4, 0.5) is 11.5 Å². The lowest BCUT2D eigenvalue weighted by atomic mass is 10.1. The Morgan fingerprint density at radius 1 is 1.19 bits per heavy atom. The van der Waals surface area contributed by atoms with Gasteiger partial charge < -0.3 is 15.0 Å². The number of aromatic nitrogens is 1. The third-order valence-electron chi connectivity index (χ3n) is 5.27. The van der Waals surface area contributed by atoms with Crippen molar-refractivity contribution in [3.8, 4) is 5.75 Å². The average molecular weight is 352 g/mol. The highest BCUT2D eigenvalue weighted by Gasteiger charge is 2.33. The Kier molecular flexibility index (Phi) is 4.75. The predicted octanol–water partition coefficient (Wildman–Crippen LogP) is 2.75. The normalized spacial score (nSPS) is 19.9. The third kappa shape index (κ3) is 3.24. The van der Waals surface area contributed by atoms with Gasteiger partial charge in [-0.25, -0.2) is 4.98 Å². The lowest BCUT2D eigenvalue weighted by Gasteiger charge is -2.37. The van der Waals surface area contributed by atoms with Crippen LogP contribution >= 0.6 is 0 Å². The van der Waals surface area contributed by atoms with Crippen LogP contribution in [-0.4, -0.2) is 60.0 Å². The molecule has 1 atom stereocenters. The number of nitrogens with one attached hydrogen (secondary N) is 1. The van der Waals surface area contributed by atoms with Gasteiger partial charge in [-0.05, 0) is 43.7 Å². The molecule has 0 radical (unpaired) electrons. The summed E-state index contributed by atoms with van der Waals surface area (Å²) in [6, 6.07) is 11.8. The van der Waals surface area contributed by atoms with Gasteiger partial charge in [0.25, 0.3) is 5.91 Å². The van der Waals surface area contributed by atoms with E-state index in [0.29, 0.717) is 17.4 Å². The number of amides is 1. The smallest absolute Gasteiger partial charge is 0.257 e. The van der Waals surface area contributed by atoms with E-state index in [1.165, 1.54) is 19.4 Å². The molecule has 0 aliphatic carbocycles. The number of hydrogen-bond acceptors (Lipinski definition) is 5. The zero-order valence-electron chi connectivity index (χ0n) is 15.0. The van der Waals surface area contributed by atoms with Gasteiger partial charge in [0.2, 0.25) is 0 Å². The zero-order valence-corrected chi connectivity index (χ0v) is 15.0. The van der Waals surface area contributed by atoms with E-state index in [-0.39, 0.29) is 5.91 Å². The molecule has 6 heteroatoms. The summed E-state index contributed by atoms with van der Waals surface area (Å²) in [7, 11) is 1.63. The van der Waals surface area contributed by atoms with Gasteiger partial charge in [-0.1, -0.05) is 12.1 Å². The minimum absolute atomic E-state index is 0.0436. The topological polar surface area (TPSA) is 57.7 Å². The average Bonchev–Trinajstić information content (AvgIpc) is 3.16. The number of piperazine rings is 1. The summed E-state index contributed by atoms with van der Waals surface area (Å²) in [4.78, 5) is 22.0. The molecule has 1 aromatic heterocycles. The number of anilines is 2. The van der Waals surface area contributed by atoms with Crippen molar-refractivity contribution >= 4 is 17.4 Å². The molecular formula is C20H24N4O2. The summed E-state index contributed by atoms with van der Waals surface area (Å²) >= 11 is 0. The lowest BCUT2D eigenvalue weighted by Crippen LogP contribution is -2.52. The number of nitrogens with zero attached hydrogens (tertiary/aromatic N) is 3. The van der Waals surface area contributed by atoms with Gasteiger partial charge in [0.15, 0.2) is 0 Å². The highest BCUT2D eigenvalue weighted by atomic mass is 16.5. The molecule has 1 unspecified atom stereocenters. The van der Waals surface area contributed by atoms with E-state index in [1.54, 1.807) is 13.3 Å². The summed E-state index contributed by atoms with van der Waals surface area (Å²) in [5, 5.41) is 3.26. The maximum atomic E-state index is 13.1. The van der Waals surface area contributed by atoms with Gasteiger partial charge in [0.05, 0.1) is 18.4 Å². The van der Waals surface area contributed by atoms with E-state index in [2.05, 4.69) is 15.2 Å². The van der Waals surface area contributed by atoms with Gasteiger partial charge in [0, 0.05) is 31.9 Å². The Morgan fingerprint density at radius 2 is 2.08 bits per heavy atom. The molecule has 1 N–H and O–H groups in total. The summed E-state index contributed by atoms with van der Waals surface area (Å²) in [6.45, 7) is 3.71. The van der Waals surface area contributed by atoms with Crippen molar-refractivity contribution in [3.63, 3.8) is 0 Å². The molecule has 1 amide bonds. The van der Waals surface area contributed by atoms with E-state index in [4.69, 9.17) is 4.74 Å². The number of rotatable bonds is 4. The van der Waals surface area contributed by atoms with Crippen LogP contribution in [0.15, 0.2) is 42.6 Å². The Morgan fingerprint density at radius 3 is 2.96 bits per heavy atom. The van der Waals surface area contributed by atoms with E-state index in [9.17, 15) is 4.79 Å². The number of ether oxygens (including phenoxy) is 1. The summed E-state index contributed by atoms with van der Waals surface area (Å²) < 4.78 is 5.39. The zero-order chi connectivity index (χ0) is 17.9. The molecule has 2 aromatic rings. The highest BCUT2D eigenvalue weighted by Crippen LogP contribution is 2.29. The maximum Gasteiger partial charge on any atom is 0.257 e. The summed E-state index contributed by atoms with van der Waals surface area (Å²) in [5.41, 5.74) is 1.40. The first-order valence-corrected chi connectivity index (χ1v) is 9.14. The molecule has 1 aromatic carbocycles. The fourth-order valence-electron chi connectivity index (χ4n) is 3.90. The first kappa shape index (κ1) is 16.8. The molecule has 2 fully saturated rings. The minimum atomic E-state index is 0.0436. The van der Waals surface area contributed by atoms with Crippen LogP contribution in [0.1, 0.15) is 23.2 Å². The van der Waals surface area contributed by atoms with E-state index in [0.717, 1.165) is 31.1 Å². The molecule has 136 valence electrons. The molecule has 2 aliphatic heterocycles. The van der Waals surface area contributed by atoms with Crippen molar-refractivity contribution in [2.45, 2.75) is 18.9 Å². The lowest BCUT2D eigenvalue weighted by molar-refractivity contribution is 0.0572. The number of carbonyl (C=O) groups excluding carboxylic acids is 1. The Labute approximate surface area is 153 Å². The van der Waals surface area contributed by atoms with E-state index >= 15 is 0 Å². The van der Waals surface area contributed by atoms with Gasteiger partial charge in [-0.15, -0.1) is 0 Å². The van der Waals surface area contributed by atoms with Crippen LogP contribution in [0.3, 0.4) is 0 Å². The van der Waals surface area contributed by atoms with E-state index < -0.39 is 0 Å². The van der Waals surface area contributed by atoms with Crippen LogP contribution in [0.5, 0.6) is 5.75 Å². The maximum absolute atomic E-state index is 13.1. The number of para-hydroxylation sites is 2. The van der Waals surface area contributed by atoms with Crippen LogP contribution in [0.2, 0.25) is 0 Å². The minimum Gasteiger partial charge on any atom is -0.495 e. The van der Waals surface area contributed by atoms with Crippen molar-refractivity contribution in [3.05, 3.63) is 48.2 Å². The largest absolute Gasteiger partial charge is 0.495 e. The number of benzene rings is 1. The molecule has 26 heavy (non-hydrogen) atoms. The van der Waals surface area contributed by atoms with Gasteiger partial charge >= 0.3 is 0 Å². The summed E-state index contributed by atoms with van der Waals surface area (Å²) in [6.07, 6.45) is 4.12. The van der Waals surface area contributed by atoms with Gasteiger partial charge in [-0.2, -0.15) is 0 Å². The van der Waals surface area contributed by atoms with Crippen molar-refractivity contribution in [2.24, 2.45) is 0 Å². The standard InChI is InChI=1S/C20H24N4O2/c1-26-18-9-3-2-8-17(18)22-19-16(7-4-10-21-19)20(25)24-13-12-23-11-5-6-15(23)14-24/h2-4,7-10,15H,5-6,11-14H2,1H3,(H,21,22). The Hall–Kier alpha value is -2.60. The van der Waals surface area contributed by atoms with Crippen molar-refractivity contribution in [2.75, 3.05) is 38.6 Å². The second kappa shape index (κ2) is 7.33. The first-order chi connectivity index (χ1) is 12.8. The van der Waals surface area contributed by atoms with Crippen LogP contribution in [0, 0.1) is 0 Å². The van der Waals surface area contributed by atoms with Crippen LogP contribution in [0.25, 0.3) is 0 Å². The molecule has 3 heterocycles. The molecule has 4 rings (SSSR count). The summed E-state index contributed by atoms with van der Waals surface area (Å²) in [5.74, 6) is 1.33. The third-order valence-corrected chi connectivity index (χ3v) is 5.27. The predicted molar refractivity (Wildman–Crippen MR) is 101 cm³/mol. The molecule has 0 saturated carbocycles. The molecule has 0 spiro atoms. The second-order valence-electron chi connectivity index (χ2n) is 6.81. The Bertz CT molecular complexity index is 795. The number of hydrogen-bond donors (Lipinski definition) is 1. The number of fused-ring (bicyclic) bond motifs is 1. The van der Waals surface area contributed by atoms with Crippen LogP contribution in [-0.2, 0) is 0 Å². The molecule has 2 aliphatic rings. The van der Waals surface area contributed by atoms with E-state index in [1.807, 2.05) is 41.3 Å². The fraction of sp³-hybridized carbons (Fsp3) is 0.400. The van der Waals surface area contributed by atoms with Crippen molar-refractivity contribution < 1.29 is 9.53 Å². The second-order valence-corrected chi connectivity index (χ2v) is 6.81. The highest BCUT2D eigenvalue weighted by molar-refractivity contribution is 5.99. The Balaban J connectivity index is 1.56. The fourth-order valence-corrected chi connectivity index (χ4v) is 3.90. The number of pyridine rings is 1. The SMILES string of the molecule is COc1ccccc1Nc1ncccc1C(=O)N1CCN2CCCC2C1. The molecule has 0 bridgehead atoms. The van der Waals surface area contributed by atoms with Gasteiger partial charge in [-0.3, -0.25) is 9.69 Å². The number of carbonyl (C=O) groups is 1. The van der Waals surface area contributed by atoms with Crippen molar-refractivity contribution in [1.82, 2.24) is 14.8 Å². The number of methoxy groups -OCH3 is 1. The monoisotopic (exact) mass is 352 g/mol. The molecular weight excluding hydrogens is 328 g/mol. The van der Waals surface area contributed by atoms with Gasteiger partial charge in [0.1, 0.15) is 11.6 Å². The quantitative estimate of drug-likeness (QED) is 0.917. The first-order valence-electron chi connectivity index (χ1n) is 9.14. The molecule has 2 saturated heterocycles.